The summed E-state index contributed by atoms with van der Waals surface area (Å²) < 4.78 is 0.634. The lowest BCUT2D eigenvalue weighted by molar-refractivity contribution is -0.136. The van der Waals surface area contributed by atoms with E-state index in [2.05, 4.69) is 26.1 Å². The molecule has 4 nitrogen and oxygen atoms in total. The fourth-order valence-electron chi connectivity index (χ4n) is 0.582. The van der Waals surface area contributed by atoms with Gasteiger partial charge in [-0.3, -0.25) is 9.89 Å². The lowest BCUT2D eigenvalue weighted by Gasteiger charge is -1.88. The molecule has 10 heavy (non-hydrogen) atoms. The van der Waals surface area contributed by atoms with Crippen molar-refractivity contribution in [2.45, 2.75) is 6.42 Å². The second-order valence-corrected chi connectivity index (χ2v) is 2.57. The Kier molecular flexibility index (Phi) is 2.06. The largest absolute Gasteiger partial charge is 0.481 e. The van der Waals surface area contributed by atoms with Crippen molar-refractivity contribution in [3.05, 3.63) is 16.4 Å². The van der Waals surface area contributed by atoms with Gasteiger partial charge in [0.15, 0.2) is 0 Å². The van der Waals surface area contributed by atoms with Crippen LogP contribution < -0.4 is 0 Å². The Balaban J connectivity index is 2.74. The van der Waals surface area contributed by atoms with Crippen LogP contribution in [0.5, 0.6) is 0 Å². The Hall–Kier alpha value is -0.840. The van der Waals surface area contributed by atoms with E-state index >= 15 is 0 Å². The number of aromatic amines is 1. The molecule has 1 rings (SSSR count). The zero-order valence-corrected chi connectivity index (χ0v) is 6.55. The number of hydrogen-bond acceptors (Lipinski definition) is 2. The molecule has 1 heterocycles. The number of halogens is 1. The highest BCUT2D eigenvalue weighted by molar-refractivity contribution is 9.10. The van der Waals surface area contributed by atoms with Crippen molar-refractivity contribution in [1.29, 1.82) is 0 Å². The van der Waals surface area contributed by atoms with E-state index in [-0.39, 0.29) is 6.42 Å². The molecule has 1 aromatic heterocycles. The highest BCUT2D eigenvalue weighted by Gasteiger charge is 2.05. The van der Waals surface area contributed by atoms with Crippen molar-refractivity contribution in [2.24, 2.45) is 0 Å². The molecule has 2 N–H and O–H groups in total. The summed E-state index contributed by atoms with van der Waals surface area (Å²) in [5, 5.41) is 14.6. The van der Waals surface area contributed by atoms with Gasteiger partial charge in [-0.1, -0.05) is 0 Å². The maximum Gasteiger partial charge on any atom is 0.307 e. The highest BCUT2D eigenvalue weighted by atomic mass is 79.9. The Bertz CT molecular complexity index is 246. The fourth-order valence-corrected chi connectivity index (χ4v) is 0.926. The maximum atomic E-state index is 10.2. The number of nitrogens with one attached hydrogen (secondary N) is 1. The summed E-state index contributed by atoms with van der Waals surface area (Å²) in [6.45, 7) is 0. The van der Waals surface area contributed by atoms with E-state index in [1.165, 1.54) is 6.20 Å². The van der Waals surface area contributed by atoms with Gasteiger partial charge in [-0.2, -0.15) is 5.10 Å². The van der Waals surface area contributed by atoms with E-state index < -0.39 is 5.97 Å². The topological polar surface area (TPSA) is 66.0 Å². The zero-order chi connectivity index (χ0) is 7.56. The molecule has 54 valence electrons. The Morgan fingerprint density at radius 2 is 2.60 bits per heavy atom. The maximum absolute atomic E-state index is 10.2. The van der Waals surface area contributed by atoms with Gasteiger partial charge in [-0.25, -0.2) is 0 Å². The summed E-state index contributed by atoms with van der Waals surface area (Å²) in [7, 11) is 0. The molecule has 0 amide bonds. The van der Waals surface area contributed by atoms with Gasteiger partial charge in [-0.15, -0.1) is 0 Å². The van der Waals surface area contributed by atoms with Crippen molar-refractivity contribution in [3.63, 3.8) is 0 Å². The second-order valence-electron chi connectivity index (χ2n) is 1.78. The third kappa shape index (κ3) is 1.57. The van der Waals surface area contributed by atoms with E-state index in [4.69, 9.17) is 5.11 Å². The molecule has 0 aliphatic rings. The van der Waals surface area contributed by atoms with Crippen molar-refractivity contribution >= 4 is 21.9 Å². The van der Waals surface area contributed by atoms with E-state index in [0.29, 0.717) is 10.2 Å². The van der Waals surface area contributed by atoms with Gasteiger partial charge in [-0.05, 0) is 15.9 Å². The van der Waals surface area contributed by atoms with Crippen LogP contribution in [0.2, 0.25) is 0 Å². The molecule has 5 heteroatoms. The Morgan fingerprint density at radius 3 is 3.00 bits per heavy atom. The molecule has 0 atom stereocenters. The molecule has 0 aliphatic heterocycles. The summed E-state index contributed by atoms with van der Waals surface area (Å²) in [4.78, 5) is 10.2. The highest BCUT2D eigenvalue weighted by Crippen LogP contribution is 2.11. The van der Waals surface area contributed by atoms with Crippen LogP contribution in [-0.2, 0) is 11.2 Å². The third-order valence-corrected chi connectivity index (χ3v) is 1.69. The number of carboxylic acid groups (broad SMARTS) is 1. The van der Waals surface area contributed by atoms with Gasteiger partial charge in [0.2, 0.25) is 0 Å². The van der Waals surface area contributed by atoms with Crippen molar-refractivity contribution in [2.75, 3.05) is 0 Å². The molecule has 1 aromatic rings. The van der Waals surface area contributed by atoms with Gasteiger partial charge in [0, 0.05) is 5.56 Å². The molecule has 0 fully saturated rings. The second kappa shape index (κ2) is 2.83. The zero-order valence-electron chi connectivity index (χ0n) is 4.97. The fraction of sp³-hybridized carbons (Fsp3) is 0.200. The predicted molar refractivity (Wildman–Crippen MR) is 37.6 cm³/mol. The standard InChI is InChI=1S/C5H5BrN2O2/c6-5-3(1-4(9)10)2-7-8-5/h2H,1H2,(H,7,8)(H,9,10). The smallest absolute Gasteiger partial charge is 0.307 e. The molecule has 0 radical (unpaired) electrons. The number of hydrogen-bond donors (Lipinski definition) is 2. The molecule has 0 saturated carbocycles. The van der Waals surface area contributed by atoms with Crippen LogP contribution in [0.4, 0.5) is 0 Å². The van der Waals surface area contributed by atoms with Gasteiger partial charge < -0.3 is 5.11 Å². The summed E-state index contributed by atoms with van der Waals surface area (Å²) in [6.07, 6.45) is 1.48. The van der Waals surface area contributed by atoms with E-state index in [1.807, 2.05) is 0 Å². The first-order chi connectivity index (χ1) is 4.70. The monoisotopic (exact) mass is 204 g/mol. The van der Waals surface area contributed by atoms with Crippen LogP contribution >= 0.6 is 15.9 Å². The van der Waals surface area contributed by atoms with E-state index in [0.717, 1.165) is 0 Å². The van der Waals surface area contributed by atoms with Crippen LogP contribution in [0.3, 0.4) is 0 Å². The summed E-state index contributed by atoms with van der Waals surface area (Å²) in [6, 6.07) is 0. The number of nitrogens with zero attached hydrogens (tertiary/aromatic N) is 1. The van der Waals surface area contributed by atoms with Gasteiger partial charge in [0.05, 0.1) is 12.6 Å². The van der Waals surface area contributed by atoms with Crippen LogP contribution in [-0.4, -0.2) is 21.3 Å². The lowest BCUT2D eigenvalue weighted by Crippen LogP contribution is -1.98. The summed E-state index contributed by atoms with van der Waals surface area (Å²) >= 11 is 3.11. The quantitative estimate of drug-likeness (QED) is 0.750. The molecule has 0 saturated heterocycles. The molecule has 0 unspecified atom stereocenters. The first kappa shape index (κ1) is 7.27. The molecule has 0 aromatic carbocycles. The lowest BCUT2D eigenvalue weighted by atomic mass is 10.3. The minimum atomic E-state index is -0.859. The minimum Gasteiger partial charge on any atom is -0.481 e. The first-order valence-electron chi connectivity index (χ1n) is 2.59. The number of carbonyl (C=O) groups is 1. The Labute approximate surface area is 65.4 Å². The van der Waals surface area contributed by atoms with Gasteiger partial charge in [0.25, 0.3) is 0 Å². The van der Waals surface area contributed by atoms with Gasteiger partial charge in [0.1, 0.15) is 4.60 Å². The molecular weight excluding hydrogens is 200 g/mol. The number of rotatable bonds is 2. The average Bonchev–Trinajstić information content (AvgIpc) is 2.15. The average molecular weight is 205 g/mol. The molecule has 0 bridgehead atoms. The van der Waals surface area contributed by atoms with E-state index in [9.17, 15) is 4.79 Å². The van der Waals surface area contributed by atoms with Crippen LogP contribution in [0.1, 0.15) is 5.56 Å². The molecule has 0 aliphatic carbocycles. The number of carboxylic acids is 1. The molecular formula is C5H5BrN2O2. The normalized spacial score (nSPS) is 9.70. The van der Waals surface area contributed by atoms with Crippen LogP contribution in [0, 0.1) is 0 Å². The van der Waals surface area contributed by atoms with E-state index in [1.54, 1.807) is 0 Å². The van der Waals surface area contributed by atoms with Crippen molar-refractivity contribution in [3.8, 4) is 0 Å². The first-order valence-corrected chi connectivity index (χ1v) is 3.39. The van der Waals surface area contributed by atoms with Crippen molar-refractivity contribution in [1.82, 2.24) is 10.2 Å². The molecule has 0 spiro atoms. The van der Waals surface area contributed by atoms with Crippen LogP contribution in [0.25, 0.3) is 0 Å². The summed E-state index contributed by atoms with van der Waals surface area (Å²) in [5.74, 6) is -0.859. The van der Waals surface area contributed by atoms with Gasteiger partial charge >= 0.3 is 5.97 Å². The number of aliphatic carboxylic acids is 1. The van der Waals surface area contributed by atoms with Crippen molar-refractivity contribution < 1.29 is 9.90 Å². The Morgan fingerprint density at radius 1 is 1.90 bits per heavy atom. The third-order valence-electron chi connectivity index (χ3n) is 1.01. The summed E-state index contributed by atoms with van der Waals surface area (Å²) in [5.41, 5.74) is 0.660. The van der Waals surface area contributed by atoms with Crippen LogP contribution in [0.15, 0.2) is 10.8 Å². The SMILES string of the molecule is O=C(O)Cc1cn[nH]c1Br. The predicted octanol–water partition coefficient (Wildman–Crippen LogP) is 0.799. The number of aromatic nitrogens is 2. The minimum absolute atomic E-state index is 0.00289. The number of H-pyrrole nitrogens is 1.